The van der Waals surface area contributed by atoms with Crippen molar-refractivity contribution in [2.75, 3.05) is 6.26 Å². The van der Waals surface area contributed by atoms with Gasteiger partial charge in [-0.3, -0.25) is 0 Å². The number of aryl methyl sites for hydroxylation is 1. The predicted octanol–water partition coefficient (Wildman–Crippen LogP) is 3.40. The normalized spacial score (nSPS) is 15.6. The highest BCUT2D eigenvalue weighted by Gasteiger charge is 2.34. The number of hydrogen-bond acceptors (Lipinski definition) is 4. The number of hydrogen-bond donors (Lipinski definition) is 1. The summed E-state index contributed by atoms with van der Waals surface area (Å²) in [6.45, 7) is 5.72. The highest BCUT2D eigenvalue weighted by Crippen LogP contribution is 2.49. The maximum Gasteiger partial charge on any atom is 0.175 e. The van der Waals surface area contributed by atoms with E-state index in [0.29, 0.717) is 16.9 Å². The Balaban J connectivity index is 2.38. The molecule has 0 saturated carbocycles. The number of phenols is 1. The van der Waals surface area contributed by atoms with Crippen molar-refractivity contribution in [2.24, 2.45) is 0 Å². The molecule has 0 radical (unpaired) electrons. The van der Waals surface area contributed by atoms with Gasteiger partial charge in [0.05, 0.1) is 10.5 Å². The number of benzene rings is 2. The molecule has 1 heterocycles. The molecule has 2 aromatic rings. The second-order valence-electron chi connectivity index (χ2n) is 6.25. The minimum atomic E-state index is -3.32. The first-order valence-electron chi connectivity index (χ1n) is 6.97. The van der Waals surface area contributed by atoms with Crippen molar-refractivity contribution in [1.82, 2.24) is 0 Å². The van der Waals surface area contributed by atoms with Crippen LogP contribution in [0.2, 0.25) is 0 Å². The quantitative estimate of drug-likeness (QED) is 0.875. The van der Waals surface area contributed by atoms with Gasteiger partial charge in [0.2, 0.25) is 0 Å². The van der Waals surface area contributed by atoms with E-state index in [0.717, 1.165) is 11.1 Å². The molecule has 1 aliphatic rings. The number of rotatable bonds is 1. The summed E-state index contributed by atoms with van der Waals surface area (Å²) in [5, 5.41) is 10.3. The summed E-state index contributed by atoms with van der Waals surface area (Å²) >= 11 is 0. The van der Waals surface area contributed by atoms with E-state index in [1.165, 1.54) is 6.26 Å². The fourth-order valence-corrected chi connectivity index (χ4v) is 3.55. The summed E-state index contributed by atoms with van der Waals surface area (Å²) in [5.74, 6) is 0.665. The van der Waals surface area contributed by atoms with Crippen LogP contribution in [0.5, 0.6) is 11.5 Å². The molecular weight excluding hydrogens is 300 g/mol. The van der Waals surface area contributed by atoms with Gasteiger partial charge in [-0.05, 0) is 56.2 Å². The zero-order valence-corrected chi connectivity index (χ0v) is 13.8. The first kappa shape index (κ1) is 14.9. The van der Waals surface area contributed by atoms with Crippen LogP contribution >= 0.6 is 0 Å². The topological polar surface area (TPSA) is 63.6 Å². The van der Waals surface area contributed by atoms with E-state index in [2.05, 4.69) is 0 Å². The molecule has 0 aliphatic carbocycles. The van der Waals surface area contributed by atoms with Crippen LogP contribution in [0.4, 0.5) is 0 Å². The van der Waals surface area contributed by atoms with Gasteiger partial charge in [0.1, 0.15) is 17.1 Å². The van der Waals surface area contributed by atoms with Gasteiger partial charge in [0.15, 0.2) is 9.84 Å². The van der Waals surface area contributed by atoms with Crippen molar-refractivity contribution in [3.8, 4) is 22.6 Å². The van der Waals surface area contributed by atoms with Crippen LogP contribution in [0.1, 0.15) is 25.0 Å². The molecule has 0 aromatic heterocycles. The first-order valence-corrected chi connectivity index (χ1v) is 8.86. The zero-order valence-electron chi connectivity index (χ0n) is 13.0. The van der Waals surface area contributed by atoms with E-state index in [-0.39, 0.29) is 10.6 Å². The molecule has 22 heavy (non-hydrogen) atoms. The Morgan fingerprint density at radius 2 is 1.82 bits per heavy atom. The van der Waals surface area contributed by atoms with Crippen molar-refractivity contribution in [1.29, 1.82) is 0 Å². The van der Waals surface area contributed by atoms with Gasteiger partial charge in [0, 0.05) is 11.8 Å². The fourth-order valence-electron chi connectivity index (χ4n) is 2.90. The lowest BCUT2D eigenvalue weighted by atomic mass is 9.85. The minimum Gasteiger partial charge on any atom is -0.507 e. The standard InChI is InChI=1S/C17H18O4S/c1-10-7-14(18)16-12-9-11(22(4,19)20)5-6-13(12)17(2,3)21-15(16)8-10/h5-9,18H,1-4H3. The monoisotopic (exact) mass is 318 g/mol. The minimum absolute atomic E-state index is 0.0948. The molecule has 0 spiro atoms. The molecule has 0 bridgehead atoms. The number of ether oxygens (including phenoxy) is 1. The maximum absolute atomic E-state index is 11.8. The number of sulfone groups is 1. The smallest absolute Gasteiger partial charge is 0.175 e. The second-order valence-corrected chi connectivity index (χ2v) is 8.26. The van der Waals surface area contributed by atoms with Crippen LogP contribution in [0.3, 0.4) is 0 Å². The summed E-state index contributed by atoms with van der Waals surface area (Å²) in [5.41, 5.74) is 2.39. The lowest BCUT2D eigenvalue weighted by molar-refractivity contribution is 0.105. The summed E-state index contributed by atoms with van der Waals surface area (Å²) < 4.78 is 29.7. The Hall–Kier alpha value is -2.01. The highest BCUT2D eigenvalue weighted by atomic mass is 32.2. The van der Waals surface area contributed by atoms with E-state index in [1.807, 2.05) is 26.8 Å². The molecule has 0 fully saturated rings. The van der Waals surface area contributed by atoms with E-state index in [1.54, 1.807) is 24.3 Å². The van der Waals surface area contributed by atoms with Crippen LogP contribution < -0.4 is 4.74 Å². The third-order valence-electron chi connectivity index (χ3n) is 3.93. The lowest BCUT2D eigenvalue weighted by Crippen LogP contribution is -2.29. The Kier molecular flexibility index (Phi) is 3.04. The van der Waals surface area contributed by atoms with Gasteiger partial charge < -0.3 is 9.84 Å². The average molecular weight is 318 g/mol. The molecule has 116 valence electrons. The molecule has 0 saturated heterocycles. The Bertz CT molecular complexity index is 880. The Labute approximate surface area is 130 Å². The average Bonchev–Trinajstić information content (AvgIpc) is 2.35. The number of phenolic OH excluding ortho intramolecular Hbond substituents is 1. The van der Waals surface area contributed by atoms with Crippen LogP contribution in [0.15, 0.2) is 35.2 Å². The zero-order chi connectivity index (χ0) is 16.3. The predicted molar refractivity (Wildman–Crippen MR) is 85.0 cm³/mol. The lowest BCUT2D eigenvalue weighted by Gasteiger charge is -2.35. The molecule has 0 amide bonds. The number of fused-ring (bicyclic) bond motifs is 3. The van der Waals surface area contributed by atoms with Crippen LogP contribution in [-0.2, 0) is 15.4 Å². The molecule has 1 N–H and O–H groups in total. The van der Waals surface area contributed by atoms with Crippen molar-refractivity contribution < 1.29 is 18.3 Å². The Morgan fingerprint density at radius 3 is 2.45 bits per heavy atom. The van der Waals surface area contributed by atoms with E-state index >= 15 is 0 Å². The van der Waals surface area contributed by atoms with Crippen molar-refractivity contribution in [2.45, 2.75) is 31.3 Å². The molecule has 4 nitrogen and oxygen atoms in total. The van der Waals surface area contributed by atoms with Gasteiger partial charge in [0.25, 0.3) is 0 Å². The van der Waals surface area contributed by atoms with E-state index in [4.69, 9.17) is 4.74 Å². The summed E-state index contributed by atoms with van der Waals surface area (Å²) in [7, 11) is -3.32. The van der Waals surface area contributed by atoms with Crippen LogP contribution in [-0.4, -0.2) is 19.8 Å². The molecule has 3 rings (SSSR count). The van der Waals surface area contributed by atoms with Crippen LogP contribution in [0, 0.1) is 6.92 Å². The first-order chi connectivity index (χ1) is 10.1. The largest absolute Gasteiger partial charge is 0.507 e. The SMILES string of the molecule is Cc1cc(O)c2c(c1)OC(C)(C)c1ccc(S(C)(=O)=O)cc1-2. The molecular formula is C17H18O4S. The Morgan fingerprint density at radius 1 is 1.14 bits per heavy atom. The molecule has 0 atom stereocenters. The van der Waals surface area contributed by atoms with Gasteiger partial charge >= 0.3 is 0 Å². The van der Waals surface area contributed by atoms with Crippen molar-refractivity contribution in [3.63, 3.8) is 0 Å². The molecule has 2 aromatic carbocycles. The third kappa shape index (κ3) is 2.25. The van der Waals surface area contributed by atoms with Crippen LogP contribution in [0.25, 0.3) is 11.1 Å². The van der Waals surface area contributed by atoms with E-state index < -0.39 is 15.4 Å². The van der Waals surface area contributed by atoms with Crippen molar-refractivity contribution in [3.05, 3.63) is 41.5 Å². The van der Waals surface area contributed by atoms with Gasteiger partial charge in [-0.25, -0.2) is 8.42 Å². The fraction of sp³-hybridized carbons (Fsp3) is 0.294. The molecule has 5 heteroatoms. The summed E-state index contributed by atoms with van der Waals surface area (Å²) in [6.07, 6.45) is 1.18. The third-order valence-corrected chi connectivity index (χ3v) is 5.04. The highest BCUT2D eigenvalue weighted by molar-refractivity contribution is 7.90. The summed E-state index contributed by atoms with van der Waals surface area (Å²) in [6, 6.07) is 8.45. The van der Waals surface area contributed by atoms with Crippen molar-refractivity contribution >= 4 is 9.84 Å². The molecule has 1 aliphatic heterocycles. The second kappa shape index (κ2) is 4.49. The maximum atomic E-state index is 11.8. The summed E-state index contributed by atoms with van der Waals surface area (Å²) in [4.78, 5) is 0.231. The van der Waals surface area contributed by atoms with Gasteiger partial charge in [-0.1, -0.05) is 6.07 Å². The number of aromatic hydroxyl groups is 1. The van der Waals surface area contributed by atoms with E-state index in [9.17, 15) is 13.5 Å². The van der Waals surface area contributed by atoms with Gasteiger partial charge in [-0.2, -0.15) is 0 Å². The molecule has 0 unspecified atom stereocenters. The van der Waals surface area contributed by atoms with Gasteiger partial charge in [-0.15, -0.1) is 0 Å².